The average molecular weight is 248 g/mol. The lowest BCUT2D eigenvalue weighted by Crippen LogP contribution is -2.37. The van der Waals surface area contributed by atoms with Crippen LogP contribution in [0.15, 0.2) is 24.3 Å². The number of carbonyl (C=O) groups excluding carboxylic acids is 1. The number of nitrogens with one attached hydrogen (secondary N) is 1. The molecule has 0 heterocycles. The van der Waals surface area contributed by atoms with Crippen LogP contribution in [0.25, 0.3) is 0 Å². The van der Waals surface area contributed by atoms with E-state index in [1.807, 2.05) is 7.05 Å². The van der Waals surface area contributed by atoms with Crippen LogP contribution in [0.2, 0.25) is 0 Å². The van der Waals surface area contributed by atoms with Gasteiger partial charge in [-0.2, -0.15) is 0 Å². The van der Waals surface area contributed by atoms with Crippen molar-refractivity contribution >= 4 is 6.03 Å². The second-order valence-corrected chi connectivity index (χ2v) is 4.61. The van der Waals surface area contributed by atoms with E-state index < -0.39 is 0 Å². The highest BCUT2D eigenvalue weighted by Gasteiger charge is 2.07. The van der Waals surface area contributed by atoms with Gasteiger partial charge in [-0.3, -0.25) is 0 Å². The maximum Gasteiger partial charge on any atom is 0.317 e. The van der Waals surface area contributed by atoms with Gasteiger partial charge in [0.1, 0.15) is 0 Å². The van der Waals surface area contributed by atoms with Gasteiger partial charge in [0.05, 0.1) is 0 Å². The summed E-state index contributed by atoms with van der Waals surface area (Å²) in [6.07, 6.45) is 3.18. The van der Waals surface area contributed by atoms with Crippen LogP contribution in [0.1, 0.15) is 37.8 Å². The zero-order chi connectivity index (χ0) is 13.4. The van der Waals surface area contributed by atoms with Gasteiger partial charge in [-0.05, 0) is 24.0 Å². The molecule has 18 heavy (non-hydrogen) atoms. The van der Waals surface area contributed by atoms with E-state index in [1.165, 1.54) is 11.1 Å². The van der Waals surface area contributed by atoms with Crippen LogP contribution in [-0.4, -0.2) is 24.5 Å². The number of hydrogen-bond donors (Lipinski definition) is 1. The van der Waals surface area contributed by atoms with Crippen LogP contribution in [0.5, 0.6) is 0 Å². The number of aryl methyl sites for hydroxylation is 1. The van der Waals surface area contributed by atoms with Gasteiger partial charge in [-0.1, -0.05) is 44.5 Å². The van der Waals surface area contributed by atoms with Crippen molar-refractivity contribution in [3.63, 3.8) is 0 Å². The number of unbranched alkanes of at least 4 members (excludes halogenated alkanes) is 1. The number of benzene rings is 1. The summed E-state index contributed by atoms with van der Waals surface area (Å²) in [5.41, 5.74) is 2.49. The second-order valence-electron chi connectivity index (χ2n) is 4.61. The van der Waals surface area contributed by atoms with Gasteiger partial charge in [-0.15, -0.1) is 0 Å². The highest BCUT2D eigenvalue weighted by Crippen LogP contribution is 2.07. The Hall–Kier alpha value is -1.51. The molecule has 0 saturated heterocycles. The monoisotopic (exact) mass is 248 g/mol. The Kier molecular flexibility index (Phi) is 6.26. The maximum absolute atomic E-state index is 11.8. The Morgan fingerprint density at radius 2 is 1.78 bits per heavy atom. The Labute approximate surface area is 110 Å². The van der Waals surface area contributed by atoms with Crippen molar-refractivity contribution in [2.45, 2.75) is 39.7 Å². The van der Waals surface area contributed by atoms with Crippen molar-refractivity contribution in [3.05, 3.63) is 35.4 Å². The molecule has 0 fully saturated rings. The summed E-state index contributed by atoms with van der Waals surface area (Å²) in [5.74, 6) is 0. The SMILES string of the molecule is CCCCNC(=O)N(C)Cc1ccc(CC)cc1. The molecule has 0 atom stereocenters. The summed E-state index contributed by atoms with van der Waals surface area (Å²) in [7, 11) is 1.83. The van der Waals surface area contributed by atoms with E-state index in [0.29, 0.717) is 6.54 Å². The summed E-state index contributed by atoms with van der Waals surface area (Å²) in [6.45, 7) is 5.67. The lowest BCUT2D eigenvalue weighted by atomic mass is 10.1. The number of hydrogen-bond acceptors (Lipinski definition) is 1. The third-order valence-electron chi connectivity index (χ3n) is 3.00. The number of rotatable bonds is 6. The van der Waals surface area contributed by atoms with Crippen molar-refractivity contribution in [1.82, 2.24) is 10.2 Å². The lowest BCUT2D eigenvalue weighted by Gasteiger charge is -2.18. The van der Waals surface area contributed by atoms with Crippen LogP contribution in [0, 0.1) is 0 Å². The van der Waals surface area contributed by atoms with Gasteiger partial charge in [-0.25, -0.2) is 4.79 Å². The van der Waals surface area contributed by atoms with Gasteiger partial charge < -0.3 is 10.2 Å². The smallest absolute Gasteiger partial charge is 0.317 e. The molecule has 0 aromatic heterocycles. The van der Waals surface area contributed by atoms with Crippen LogP contribution in [-0.2, 0) is 13.0 Å². The average Bonchev–Trinajstić information content (AvgIpc) is 2.39. The fourth-order valence-electron chi connectivity index (χ4n) is 1.73. The molecule has 0 unspecified atom stereocenters. The fourth-order valence-corrected chi connectivity index (χ4v) is 1.73. The quantitative estimate of drug-likeness (QED) is 0.770. The molecule has 0 spiro atoms. The predicted octanol–water partition coefficient (Wildman–Crippen LogP) is 3.19. The molecular weight excluding hydrogens is 224 g/mol. The molecule has 1 rings (SSSR count). The zero-order valence-corrected chi connectivity index (χ0v) is 11.7. The number of urea groups is 1. The highest BCUT2D eigenvalue weighted by atomic mass is 16.2. The summed E-state index contributed by atoms with van der Waals surface area (Å²) in [4.78, 5) is 13.5. The highest BCUT2D eigenvalue weighted by molar-refractivity contribution is 5.73. The second kappa shape index (κ2) is 7.75. The molecule has 0 radical (unpaired) electrons. The molecule has 0 aliphatic carbocycles. The maximum atomic E-state index is 11.8. The standard InChI is InChI=1S/C15H24N2O/c1-4-6-11-16-15(18)17(3)12-14-9-7-13(5-2)8-10-14/h7-10H,4-6,11-12H2,1-3H3,(H,16,18). The molecule has 0 bridgehead atoms. The molecule has 100 valence electrons. The Balaban J connectivity index is 2.42. The minimum absolute atomic E-state index is 0.00279. The van der Waals surface area contributed by atoms with Crippen LogP contribution in [0.3, 0.4) is 0 Å². The van der Waals surface area contributed by atoms with E-state index in [0.717, 1.165) is 25.8 Å². The van der Waals surface area contributed by atoms with E-state index in [2.05, 4.69) is 43.4 Å². The van der Waals surface area contributed by atoms with Crippen LogP contribution >= 0.6 is 0 Å². The minimum atomic E-state index is 0.00279. The topological polar surface area (TPSA) is 32.3 Å². The molecule has 3 nitrogen and oxygen atoms in total. The Morgan fingerprint density at radius 3 is 2.33 bits per heavy atom. The number of amides is 2. The largest absolute Gasteiger partial charge is 0.338 e. The fraction of sp³-hybridized carbons (Fsp3) is 0.533. The Morgan fingerprint density at radius 1 is 1.17 bits per heavy atom. The summed E-state index contributed by atoms with van der Waals surface area (Å²) >= 11 is 0. The van der Waals surface area contributed by atoms with E-state index in [4.69, 9.17) is 0 Å². The first kappa shape index (κ1) is 14.6. The Bertz CT molecular complexity index is 359. The first-order valence-electron chi connectivity index (χ1n) is 6.74. The zero-order valence-electron chi connectivity index (χ0n) is 11.7. The van der Waals surface area contributed by atoms with Gasteiger partial charge >= 0.3 is 6.03 Å². The lowest BCUT2D eigenvalue weighted by molar-refractivity contribution is 0.207. The van der Waals surface area contributed by atoms with Crippen molar-refractivity contribution < 1.29 is 4.79 Å². The molecule has 0 aliphatic heterocycles. The van der Waals surface area contributed by atoms with E-state index in [1.54, 1.807) is 4.90 Å². The van der Waals surface area contributed by atoms with Gasteiger partial charge in [0.15, 0.2) is 0 Å². The number of carbonyl (C=O) groups is 1. The molecule has 1 aromatic carbocycles. The van der Waals surface area contributed by atoms with E-state index in [-0.39, 0.29) is 6.03 Å². The van der Waals surface area contributed by atoms with Crippen LogP contribution < -0.4 is 5.32 Å². The van der Waals surface area contributed by atoms with Crippen molar-refractivity contribution in [3.8, 4) is 0 Å². The molecule has 0 saturated carbocycles. The third-order valence-corrected chi connectivity index (χ3v) is 3.00. The van der Waals surface area contributed by atoms with Gasteiger partial charge in [0, 0.05) is 20.1 Å². The molecule has 3 heteroatoms. The summed E-state index contributed by atoms with van der Waals surface area (Å²) < 4.78 is 0. The summed E-state index contributed by atoms with van der Waals surface area (Å²) in [5, 5.41) is 2.91. The van der Waals surface area contributed by atoms with E-state index in [9.17, 15) is 4.79 Å². The van der Waals surface area contributed by atoms with Crippen LogP contribution in [0.4, 0.5) is 4.79 Å². The van der Waals surface area contributed by atoms with Crippen molar-refractivity contribution in [2.75, 3.05) is 13.6 Å². The van der Waals surface area contributed by atoms with Gasteiger partial charge in [0.2, 0.25) is 0 Å². The first-order chi connectivity index (χ1) is 8.67. The van der Waals surface area contributed by atoms with Crippen molar-refractivity contribution in [2.24, 2.45) is 0 Å². The molecule has 2 amide bonds. The predicted molar refractivity (Wildman–Crippen MR) is 75.6 cm³/mol. The molecule has 0 aliphatic rings. The van der Waals surface area contributed by atoms with E-state index >= 15 is 0 Å². The normalized spacial score (nSPS) is 10.2. The first-order valence-corrected chi connectivity index (χ1v) is 6.74. The minimum Gasteiger partial charge on any atom is -0.338 e. The third kappa shape index (κ3) is 4.78. The molecular formula is C15H24N2O. The summed E-state index contributed by atoms with van der Waals surface area (Å²) in [6, 6.07) is 8.43. The number of nitrogens with zero attached hydrogens (tertiary/aromatic N) is 1. The van der Waals surface area contributed by atoms with Gasteiger partial charge in [0.25, 0.3) is 0 Å². The van der Waals surface area contributed by atoms with Crippen molar-refractivity contribution in [1.29, 1.82) is 0 Å². The molecule has 1 aromatic rings. The molecule has 1 N–H and O–H groups in total.